The van der Waals surface area contributed by atoms with Gasteiger partial charge in [-0.05, 0) is 12.1 Å². The van der Waals surface area contributed by atoms with Crippen molar-refractivity contribution in [2.45, 2.75) is 6.92 Å². The van der Waals surface area contributed by atoms with E-state index in [9.17, 15) is 14.4 Å². The van der Waals surface area contributed by atoms with Crippen LogP contribution in [0.2, 0.25) is 5.02 Å². The number of hydrogen-bond acceptors (Lipinski definition) is 4. The van der Waals surface area contributed by atoms with Crippen molar-refractivity contribution in [3.8, 4) is 5.75 Å². The molecule has 0 amide bonds. The van der Waals surface area contributed by atoms with Gasteiger partial charge in [0.15, 0.2) is 11.6 Å². The maximum atomic E-state index is 12.6. The average molecular weight is 301 g/mol. The van der Waals surface area contributed by atoms with Gasteiger partial charge in [-0.15, -0.1) is 0 Å². The Bertz CT molecular complexity index is 808. The summed E-state index contributed by atoms with van der Waals surface area (Å²) in [7, 11) is 0. The first kappa shape index (κ1) is 13.5. The molecule has 0 saturated carbocycles. The average Bonchev–Trinajstić information content (AvgIpc) is 2.46. The lowest BCUT2D eigenvalue weighted by Gasteiger charge is -2.20. The van der Waals surface area contributed by atoms with Crippen molar-refractivity contribution in [2.24, 2.45) is 0 Å². The summed E-state index contributed by atoms with van der Waals surface area (Å²) in [5, 5.41) is 0.161. The lowest BCUT2D eigenvalue weighted by molar-refractivity contribution is -0.131. The zero-order valence-electron chi connectivity index (χ0n) is 11.0. The number of halogens is 1. The number of carbonyl (C=O) groups is 3. The second kappa shape index (κ2) is 4.82. The van der Waals surface area contributed by atoms with E-state index in [1.165, 1.54) is 19.1 Å². The summed E-state index contributed by atoms with van der Waals surface area (Å²) in [6, 6.07) is 9.35. The maximum Gasteiger partial charge on any atom is 0.308 e. The molecule has 0 radical (unpaired) electrons. The van der Waals surface area contributed by atoms with E-state index in [4.69, 9.17) is 16.3 Å². The van der Waals surface area contributed by atoms with Gasteiger partial charge in [-0.25, -0.2) is 0 Å². The predicted molar refractivity (Wildman–Crippen MR) is 76.1 cm³/mol. The molecule has 0 bridgehead atoms. The lowest BCUT2D eigenvalue weighted by Crippen LogP contribution is -2.22. The molecule has 2 aromatic rings. The lowest BCUT2D eigenvalue weighted by atomic mass is 9.83. The highest BCUT2D eigenvalue weighted by Gasteiger charge is 2.34. The number of rotatable bonds is 1. The van der Waals surface area contributed by atoms with E-state index in [1.54, 1.807) is 24.3 Å². The first-order valence-electron chi connectivity index (χ1n) is 6.20. The van der Waals surface area contributed by atoms with Gasteiger partial charge in [-0.2, -0.15) is 0 Å². The molecule has 0 aliphatic heterocycles. The highest BCUT2D eigenvalue weighted by molar-refractivity contribution is 6.39. The number of ketones is 2. The fraction of sp³-hybridized carbons (Fsp3) is 0.0625. The molecule has 0 aromatic heterocycles. The van der Waals surface area contributed by atoms with Crippen LogP contribution in [0.1, 0.15) is 38.8 Å². The van der Waals surface area contributed by atoms with Crippen LogP contribution in [-0.4, -0.2) is 17.5 Å². The van der Waals surface area contributed by atoms with Crippen molar-refractivity contribution in [3.63, 3.8) is 0 Å². The van der Waals surface area contributed by atoms with Crippen LogP contribution in [0.4, 0.5) is 0 Å². The van der Waals surface area contributed by atoms with Crippen LogP contribution in [0.15, 0.2) is 36.4 Å². The molecule has 0 atom stereocenters. The van der Waals surface area contributed by atoms with Gasteiger partial charge in [-0.1, -0.05) is 35.9 Å². The van der Waals surface area contributed by atoms with Crippen LogP contribution in [-0.2, 0) is 4.79 Å². The molecule has 0 saturated heterocycles. The van der Waals surface area contributed by atoms with Crippen molar-refractivity contribution in [1.82, 2.24) is 0 Å². The first-order valence-corrected chi connectivity index (χ1v) is 6.58. The molecule has 3 rings (SSSR count). The van der Waals surface area contributed by atoms with E-state index in [0.29, 0.717) is 5.56 Å². The van der Waals surface area contributed by atoms with E-state index < -0.39 is 5.97 Å². The summed E-state index contributed by atoms with van der Waals surface area (Å²) in [5.41, 5.74) is 0.711. The zero-order chi connectivity index (χ0) is 15.1. The third-order valence-corrected chi connectivity index (χ3v) is 3.56. The van der Waals surface area contributed by atoms with Gasteiger partial charge in [-0.3, -0.25) is 14.4 Å². The number of hydrogen-bond donors (Lipinski definition) is 0. The van der Waals surface area contributed by atoms with Crippen LogP contribution in [0, 0.1) is 0 Å². The van der Waals surface area contributed by atoms with Crippen LogP contribution in [0.25, 0.3) is 0 Å². The van der Waals surface area contributed by atoms with Gasteiger partial charge in [0.05, 0.1) is 16.1 Å². The van der Waals surface area contributed by atoms with Gasteiger partial charge in [0.1, 0.15) is 5.75 Å². The number of benzene rings is 2. The van der Waals surface area contributed by atoms with Crippen LogP contribution < -0.4 is 4.74 Å². The second-order valence-corrected chi connectivity index (χ2v) is 5.00. The summed E-state index contributed by atoms with van der Waals surface area (Å²) in [4.78, 5) is 36.3. The molecule has 5 heteroatoms. The molecule has 0 N–H and O–H groups in total. The molecule has 2 aromatic carbocycles. The van der Waals surface area contributed by atoms with Crippen LogP contribution in [0.5, 0.6) is 5.75 Å². The smallest absolute Gasteiger partial charge is 0.308 e. The van der Waals surface area contributed by atoms with E-state index in [0.717, 1.165) is 0 Å². The molecular formula is C16H9ClO4. The minimum Gasteiger partial charge on any atom is -0.426 e. The molecule has 21 heavy (non-hydrogen) atoms. The summed E-state index contributed by atoms with van der Waals surface area (Å²) >= 11 is 6.06. The number of carbonyl (C=O) groups excluding carboxylic acids is 3. The summed E-state index contributed by atoms with van der Waals surface area (Å²) in [6.45, 7) is 1.23. The quantitative estimate of drug-likeness (QED) is 0.512. The van der Waals surface area contributed by atoms with Crippen molar-refractivity contribution < 1.29 is 19.1 Å². The van der Waals surface area contributed by atoms with Gasteiger partial charge in [0.25, 0.3) is 0 Å². The third-order valence-electron chi connectivity index (χ3n) is 3.24. The van der Waals surface area contributed by atoms with E-state index in [2.05, 4.69) is 0 Å². The number of esters is 1. The van der Waals surface area contributed by atoms with Gasteiger partial charge < -0.3 is 4.74 Å². The predicted octanol–water partition coefficient (Wildman–Crippen LogP) is 3.04. The number of fused-ring (bicyclic) bond motifs is 2. The monoisotopic (exact) mass is 300 g/mol. The normalized spacial score (nSPS) is 12.7. The third kappa shape index (κ3) is 2.04. The van der Waals surface area contributed by atoms with Crippen molar-refractivity contribution in [2.75, 3.05) is 0 Å². The zero-order valence-corrected chi connectivity index (χ0v) is 11.7. The Morgan fingerprint density at radius 3 is 2.10 bits per heavy atom. The Kier molecular flexibility index (Phi) is 3.11. The Balaban J connectivity index is 2.31. The topological polar surface area (TPSA) is 60.4 Å². The standard InChI is InChI=1S/C16H9ClO4/c1-8(18)21-12-7-6-11(17)13-14(12)16(20)10-5-3-2-4-9(10)15(13)19/h2-7H,1H3. The van der Waals surface area contributed by atoms with Crippen LogP contribution in [0.3, 0.4) is 0 Å². The molecule has 1 aliphatic rings. The fourth-order valence-corrected chi connectivity index (χ4v) is 2.64. The SMILES string of the molecule is CC(=O)Oc1ccc(Cl)c2c1C(=O)c1ccccc1C2=O. The Labute approximate surface area is 125 Å². The summed E-state index contributed by atoms with van der Waals surface area (Å²) in [6.07, 6.45) is 0. The van der Waals surface area contributed by atoms with Crippen molar-refractivity contribution in [1.29, 1.82) is 0 Å². The highest BCUT2D eigenvalue weighted by Crippen LogP contribution is 2.37. The molecule has 0 unspecified atom stereocenters. The molecule has 0 spiro atoms. The summed E-state index contributed by atoms with van der Waals surface area (Å²) < 4.78 is 5.03. The molecule has 0 fully saturated rings. The Morgan fingerprint density at radius 2 is 1.52 bits per heavy atom. The van der Waals surface area contributed by atoms with E-state index >= 15 is 0 Å². The molecular weight excluding hydrogens is 292 g/mol. The molecule has 0 heterocycles. The molecule has 4 nitrogen and oxygen atoms in total. The van der Waals surface area contributed by atoms with Gasteiger partial charge in [0.2, 0.25) is 0 Å². The molecule has 104 valence electrons. The van der Waals surface area contributed by atoms with Gasteiger partial charge in [0, 0.05) is 18.1 Å². The fourth-order valence-electron chi connectivity index (χ4n) is 2.39. The molecule has 1 aliphatic carbocycles. The minimum atomic E-state index is -0.571. The maximum absolute atomic E-state index is 12.6. The summed E-state index contributed by atoms with van der Waals surface area (Å²) in [5.74, 6) is -1.24. The van der Waals surface area contributed by atoms with Crippen LogP contribution >= 0.6 is 11.6 Å². The highest BCUT2D eigenvalue weighted by atomic mass is 35.5. The van der Waals surface area contributed by atoms with E-state index in [-0.39, 0.29) is 39.0 Å². The Hall–Kier alpha value is -2.46. The van der Waals surface area contributed by atoms with Crippen molar-refractivity contribution in [3.05, 3.63) is 63.7 Å². The van der Waals surface area contributed by atoms with E-state index in [1.807, 2.05) is 0 Å². The first-order chi connectivity index (χ1) is 10.0. The van der Waals surface area contributed by atoms with Crippen molar-refractivity contribution >= 4 is 29.1 Å². The minimum absolute atomic E-state index is 0.0430. The van der Waals surface area contributed by atoms with Gasteiger partial charge >= 0.3 is 5.97 Å². The Morgan fingerprint density at radius 1 is 0.952 bits per heavy atom. The largest absolute Gasteiger partial charge is 0.426 e. The number of ether oxygens (including phenoxy) is 1. The second-order valence-electron chi connectivity index (χ2n) is 4.59.